The Morgan fingerprint density at radius 2 is 1.52 bits per heavy atom. The van der Waals surface area contributed by atoms with Crippen molar-refractivity contribution in [2.24, 2.45) is 0 Å². The summed E-state index contributed by atoms with van der Waals surface area (Å²) in [6.07, 6.45) is -0.618. The second-order valence-corrected chi connectivity index (χ2v) is 6.23. The quantitative estimate of drug-likeness (QED) is 0.670. The summed E-state index contributed by atoms with van der Waals surface area (Å²) in [5.41, 5.74) is 4.21. The van der Waals surface area contributed by atoms with Crippen molar-refractivity contribution >= 4 is 26.7 Å². The number of hydrogen-bond donors (Lipinski definition) is 1. The number of aliphatic hydroxyl groups excluding tert-OH is 1. The van der Waals surface area contributed by atoms with Gasteiger partial charge in [0, 0.05) is 4.47 Å². The predicted molar refractivity (Wildman–Crippen MR) is 91.6 cm³/mol. The van der Waals surface area contributed by atoms with Crippen LogP contribution in [0.3, 0.4) is 0 Å². The molecular formula is C19H17BrO. The molecule has 0 aliphatic heterocycles. The molecule has 0 saturated heterocycles. The van der Waals surface area contributed by atoms with Crippen LogP contribution in [-0.4, -0.2) is 5.11 Å². The van der Waals surface area contributed by atoms with Gasteiger partial charge in [-0.1, -0.05) is 64.5 Å². The molecule has 0 aromatic heterocycles. The monoisotopic (exact) mass is 340 g/mol. The van der Waals surface area contributed by atoms with E-state index in [9.17, 15) is 5.11 Å². The molecule has 21 heavy (non-hydrogen) atoms. The third-order valence-corrected chi connectivity index (χ3v) is 4.93. The number of hydrogen-bond acceptors (Lipinski definition) is 1. The number of aliphatic hydroxyl groups is 1. The van der Waals surface area contributed by atoms with E-state index < -0.39 is 6.10 Å². The second kappa shape index (κ2) is 5.63. The summed E-state index contributed by atoms with van der Waals surface area (Å²) in [6.45, 7) is 4.13. The molecule has 106 valence electrons. The minimum absolute atomic E-state index is 0.618. The van der Waals surface area contributed by atoms with E-state index in [1.165, 1.54) is 10.9 Å². The Bertz CT molecular complexity index is 808. The van der Waals surface area contributed by atoms with Gasteiger partial charge < -0.3 is 5.11 Å². The number of rotatable bonds is 2. The summed E-state index contributed by atoms with van der Waals surface area (Å²) in [7, 11) is 0. The topological polar surface area (TPSA) is 20.2 Å². The summed E-state index contributed by atoms with van der Waals surface area (Å²) in [4.78, 5) is 0. The molecular weight excluding hydrogens is 324 g/mol. The molecule has 1 unspecified atom stereocenters. The van der Waals surface area contributed by atoms with Gasteiger partial charge in [-0.05, 0) is 52.9 Å². The van der Waals surface area contributed by atoms with Gasteiger partial charge in [0.1, 0.15) is 6.10 Å². The molecule has 3 rings (SSSR count). The van der Waals surface area contributed by atoms with Gasteiger partial charge >= 0.3 is 0 Å². The van der Waals surface area contributed by atoms with Crippen molar-refractivity contribution < 1.29 is 5.11 Å². The van der Waals surface area contributed by atoms with E-state index in [2.05, 4.69) is 41.1 Å². The highest BCUT2D eigenvalue weighted by Crippen LogP contribution is 2.33. The number of fused-ring (bicyclic) bond motifs is 1. The van der Waals surface area contributed by atoms with Crippen molar-refractivity contribution in [3.8, 4) is 0 Å². The molecule has 0 aliphatic carbocycles. The van der Waals surface area contributed by atoms with Crippen LogP contribution in [0.4, 0.5) is 0 Å². The highest BCUT2D eigenvalue weighted by molar-refractivity contribution is 9.10. The molecule has 0 spiro atoms. The Balaban J connectivity index is 2.21. The molecule has 0 aliphatic rings. The van der Waals surface area contributed by atoms with E-state index in [1.54, 1.807) is 0 Å². The minimum atomic E-state index is -0.618. The van der Waals surface area contributed by atoms with Crippen molar-refractivity contribution in [1.29, 1.82) is 0 Å². The van der Waals surface area contributed by atoms with Gasteiger partial charge in [0.15, 0.2) is 0 Å². The van der Waals surface area contributed by atoms with E-state index in [1.807, 2.05) is 43.3 Å². The zero-order chi connectivity index (χ0) is 15.0. The van der Waals surface area contributed by atoms with Crippen molar-refractivity contribution in [3.63, 3.8) is 0 Å². The molecule has 0 bridgehead atoms. The average Bonchev–Trinajstić information content (AvgIpc) is 2.50. The third-order valence-electron chi connectivity index (χ3n) is 4.07. The van der Waals surface area contributed by atoms with Crippen LogP contribution in [0, 0.1) is 13.8 Å². The fourth-order valence-corrected chi connectivity index (χ4v) is 3.18. The molecule has 1 nitrogen and oxygen atoms in total. The zero-order valence-corrected chi connectivity index (χ0v) is 13.7. The molecule has 3 aromatic rings. The maximum Gasteiger partial charge on any atom is 0.105 e. The molecule has 1 atom stereocenters. The molecule has 0 saturated carbocycles. The van der Waals surface area contributed by atoms with E-state index in [0.29, 0.717) is 0 Å². The van der Waals surface area contributed by atoms with Crippen LogP contribution in [0.2, 0.25) is 0 Å². The highest BCUT2D eigenvalue weighted by Gasteiger charge is 2.17. The Kier molecular flexibility index (Phi) is 3.83. The van der Waals surface area contributed by atoms with Gasteiger partial charge in [-0.15, -0.1) is 0 Å². The number of halogens is 1. The van der Waals surface area contributed by atoms with Crippen molar-refractivity contribution in [3.05, 3.63) is 81.3 Å². The maximum absolute atomic E-state index is 10.9. The largest absolute Gasteiger partial charge is 0.384 e. The lowest BCUT2D eigenvalue weighted by Crippen LogP contribution is -2.03. The third kappa shape index (κ3) is 2.50. The first-order valence-electron chi connectivity index (χ1n) is 7.01. The Morgan fingerprint density at radius 1 is 0.810 bits per heavy atom. The highest BCUT2D eigenvalue weighted by atomic mass is 79.9. The molecule has 2 heteroatoms. The van der Waals surface area contributed by atoms with Crippen molar-refractivity contribution in [1.82, 2.24) is 0 Å². The standard InChI is InChI=1S/C19H17BrO/c1-12-10-11-17(16-7-4-3-6-14(12)16)19(21)15-8-5-9-18(20)13(15)2/h3-11,19,21H,1-2H3. The van der Waals surface area contributed by atoms with Crippen molar-refractivity contribution in [2.45, 2.75) is 20.0 Å². The van der Waals surface area contributed by atoms with Crippen LogP contribution in [0.5, 0.6) is 0 Å². The van der Waals surface area contributed by atoms with Crippen molar-refractivity contribution in [2.75, 3.05) is 0 Å². The molecule has 3 aromatic carbocycles. The summed E-state index contributed by atoms with van der Waals surface area (Å²) >= 11 is 3.54. The summed E-state index contributed by atoms with van der Waals surface area (Å²) < 4.78 is 1.02. The van der Waals surface area contributed by atoms with Crippen LogP contribution in [0.25, 0.3) is 10.8 Å². The Morgan fingerprint density at radius 3 is 2.29 bits per heavy atom. The lowest BCUT2D eigenvalue weighted by molar-refractivity contribution is 0.221. The predicted octanol–water partition coefficient (Wildman–Crippen LogP) is 5.30. The van der Waals surface area contributed by atoms with Crippen LogP contribution >= 0.6 is 15.9 Å². The first-order chi connectivity index (χ1) is 10.1. The normalized spacial score (nSPS) is 12.6. The lowest BCUT2D eigenvalue weighted by atomic mass is 9.92. The van der Waals surface area contributed by atoms with Gasteiger partial charge in [-0.25, -0.2) is 0 Å². The van der Waals surface area contributed by atoms with Gasteiger partial charge in [0.2, 0.25) is 0 Å². The second-order valence-electron chi connectivity index (χ2n) is 5.37. The van der Waals surface area contributed by atoms with Gasteiger partial charge in [-0.2, -0.15) is 0 Å². The van der Waals surface area contributed by atoms with Gasteiger partial charge in [0.05, 0.1) is 0 Å². The molecule has 1 N–H and O–H groups in total. The fourth-order valence-electron chi connectivity index (χ4n) is 2.80. The van der Waals surface area contributed by atoms with Crippen LogP contribution in [0.1, 0.15) is 28.4 Å². The van der Waals surface area contributed by atoms with Crippen LogP contribution in [0.15, 0.2) is 59.1 Å². The summed E-state index contributed by atoms with van der Waals surface area (Å²) in [6, 6.07) is 18.3. The average molecular weight is 341 g/mol. The lowest BCUT2D eigenvalue weighted by Gasteiger charge is -2.18. The first kappa shape index (κ1) is 14.3. The zero-order valence-electron chi connectivity index (χ0n) is 12.1. The molecule has 0 radical (unpaired) electrons. The maximum atomic E-state index is 10.9. The van der Waals surface area contributed by atoms with Crippen LogP contribution in [-0.2, 0) is 0 Å². The Labute approximate surface area is 133 Å². The minimum Gasteiger partial charge on any atom is -0.384 e. The van der Waals surface area contributed by atoms with Gasteiger partial charge in [0.25, 0.3) is 0 Å². The number of aryl methyl sites for hydroxylation is 1. The van der Waals surface area contributed by atoms with E-state index in [-0.39, 0.29) is 0 Å². The number of benzene rings is 3. The Hall–Kier alpha value is -1.64. The molecule has 0 amide bonds. The van der Waals surface area contributed by atoms with Gasteiger partial charge in [-0.3, -0.25) is 0 Å². The van der Waals surface area contributed by atoms with E-state index in [4.69, 9.17) is 0 Å². The smallest absolute Gasteiger partial charge is 0.105 e. The van der Waals surface area contributed by atoms with Crippen LogP contribution < -0.4 is 0 Å². The summed E-state index contributed by atoms with van der Waals surface area (Å²) in [5.74, 6) is 0. The van der Waals surface area contributed by atoms with E-state index in [0.717, 1.165) is 26.5 Å². The molecule has 0 heterocycles. The summed E-state index contributed by atoms with van der Waals surface area (Å²) in [5, 5.41) is 13.2. The SMILES string of the molecule is Cc1c(Br)cccc1C(O)c1ccc(C)c2ccccc12. The molecule has 0 fully saturated rings. The first-order valence-corrected chi connectivity index (χ1v) is 7.80. The van der Waals surface area contributed by atoms with E-state index >= 15 is 0 Å². The fraction of sp³-hybridized carbons (Fsp3) is 0.158.